The number of rotatable bonds is 0. The molecule has 0 bridgehead atoms. The molecule has 2 nitrogen and oxygen atoms in total. The summed E-state index contributed by atoms with van der Waals surface area (Å²) in [5, 5.41) is 0. The molecular formula is C6H10O2. The quantitative estimate of drug-likeness (QED) is 0.438. The highest BCUT2D eigenvalue weighted by Crippen LogP contribution is 2.19. The lowest BCUT2D eigenvalue weighted by Gasteiger charge is -2.03. The molecule has 1 fully saturated rings. The van der Waals surface area contributed by atoms with Gasteiger partial charge < -0.3 is 4.74 Å². The molecule has 1 saturated heterocycles. The molecule has 1 unspecified atom stereocenters. The van der Waals surface area contributed by atoms with Crippen molar-refractivity contribution in [3.8, 4) is 0 Å². The van der Waals surface area contributed by atoms with E-state index in [2.05, 4.69) is 0 Å². The van der Waals surface area contributed by atoms with Crippen LogP contribution in [0.15, 0.2) is 0 Å². The zero-order valence-corrected chi connectivity index (χ0v) is 5.18. The van der Waals surface area contributed by atoms with E-state index < -0.39 is 0 Å². The van der Waals surface area contributed by atoms with Gasteiger partial charge in [-0.1, -0.05) is 6.92 Å². The van der Waals surface area contributed by atoms with Crippen LogP contribution in [-0.2, 0) is 9.53 Å². The lowest BCUT2D eigenvalue weighted by molar-refractivity contribution is -0.140. The smallest absolute Gasteiger partial charge is 0.306 e. The number of cyclic esters (lactones) is 1. The van der Waals surface area contributed by atoms with Crippen molar-refractivity contribution in [1.82, 2.24) is 0 Å². The summed E-state index contributed by atoms with van der Waals surface area (Å²) in [6, 6.07) is 0. The van der Waals surface area contributed by atoms with E-state index >= 15 is 0 Å². The highest BCUT2D eigenvalue weighted by molar-refractivity contribution is 5.71. The van der Waals surface area contributed by atoms with Crippen molar-refractivity contribution in [3.05, 3.63) is 0 Å². The molecule has 2 heteroatoms. The summed E-state index contributed by atoms with van der Waals surface area (Å²) in [6.07, 6.45) is 0.740. The number of hydrogen-bond donors (Lipinski definition) is 0. The fraction of sp³-hybridized carbons (Fsp3) is 0.833. The second kappa shape index (κ2) is 1.77. The van der Waals surface area contributed by atoms with Crippen LogP contribution in [0.2, 0.25) is 0 Å². The van der Waals surface area contributed by atoms with Crippen LogP contribution in [0.1, 0.15) is 20.3 Å². The van der Waals surface area contributed by atoms with Gasteiger partial charge in [-0.15, -0.1) is 0 Å². The van der Waals surface area contributed by atoms with E-state index in [0.717, 1.165) is 0 Å². The third kappa shape index (κ3) is 0.831. The minimum Gasteiger partial charge on any atom is -0.462 e. The summed E-state index contributed by atoms with van der Waals surface area (Å²) in [7, 11) is 0. The van der Waals surface area contributed by atoms with E-state index in [1.165, 1.54) is 0 Å². The predicted octanol–water partition coefficient (Wildman–Crippen LogP) is 0.958. The third-order valence-corrected chi connectivity index (χ3v) is 1.61. The predicted molar refractivity (Wildman–Crippen MR) is 29.3 cm³/mol. The van der Waals surface area contributed by atoms with Gasteiger partial charge in [-0.05, 0) is 6.92 Å². The molecule has 0 N–H and O–H groups in total. The molecule has 0 spiro atoms. The van der Waals surface area contributed by atoms with E-state index in [1.807, 2.05) is 13.8 Å². The molecule has 8 heavy (non-hydrogen) atoms. The maximum atomic E-state index is 10.4. The molecule has 1 rings (SSSR count). The van der Waals surface area contributed by atoms with Crippen LogP contribution >= 0.6 is 0 Å². The normalized spacial score (nSPS) is 37.5. The average Bonchev–Trinajstić information content (AvgIpc) is 1.85. The first kappa shape index (κ1) is 5.60. The maximum absolute atomic E-state index is 10.4. The van der Waals surface area contributed by atoms with Crippen LogP contribution in [0.5, 0.6) is 0 Å². The summed E-state index contributed by atoms with van der Waals surface area (Å²) >= 11 is 0. The molecule has 0 radical (unpaired) electrons. The highest BCUT2D eigenvalue weighted by atomic mass is 16.5. The van der Waals surface area contributed by atoms with Crippen LogP contribution < -0.4 is 0 Å². The molecule has 0 aromatic carbocycles. The molecule has 0 saturated carbocycles. The largest absolute Gasteiger partial charge is 0.462 e. The summed E-state index contributed by atoms with van der Waals surface area (Å²) in [5.74, 6) is 0.368. The topological polar surface area (TPSA) is 26.3 Å². The molecule has 2 atom stereocenters. The molecule has 46 valence electrons. The van der Waals surface area contributed by atoms with Gasteiger partial charge in [0.25, 0.3) is 0 Å². The van der Waals surface area contributed by atoms with Crippen LogP contribution in [0.3, 0.4) is 0 Å². The van der Waals surface area contributed by atoms with Crippen molar-refractivity contribution >= 4 is 5.97 Å². The van der Waals surface area contributed by atoms with Crippen molar-refractivity contribution in [2.75, 3.05) is 0 Å². The van der Waals surface area contributed by atoms with Gasteiger partial charge in [0.15, 0.2) is 0 Å². The van der Waals surface area contributed by atoms with Crippen LogP contribution in [-0.4, -0.2) is 12.1 Å². The van der Waals surface area contributed by atoms with Crippen LogP contribution in [0.25, 0.3) is 0 Å². The number of ether oxygens (including phenoxy) is 1. The Kier molecular flexibility index (Phi) is 1.24. The summed E-state index contributed by atoms with van der Waals surface area (Å²) < 4.78 is 4.83. The Morgan fingerprint density at radius 1 is 1.62 bits per heavy atom. The van der Waals surface area contributed by atoms with Gasteiger partial charge in [0, 0.05) is 5.92 Å². The first-order chi connectivity index (χ1) is 3.70. The van der Waals surface area contributed by atoms with Gasteiger partial charge in [-0.25, -0.2) is 0 Å². The van der Waals surface area contributed by atoms with Crippen molar-refractivity contribution < 1.29 is 9.53 Å². The fourth-order valence-electron chi connectivity index (χ4n) is 0.800. The minimum absolute atomic E-state index is 0.0509. The van der Waals surface area contributed by atoms with Gasteiger partial charge >= 0.3 is 5.97 Å². The van der Waals surface area contributed by atoms with Crippen molar-refractivity contribution in [3.63, 3.8) is 0 Å². The Morgan fingerprint density at radius 3 is 2.38 bits per heavy atom. The molecule has 1 aliphatic rings. The lowest BCUT2D eigenvalue weighted by atomic mass is 10.1. The Bertz CT molecular complexity index is 97.1. The van der Waals surface area contributed by atoms with Crippen LogP contribution in [0.4, 0.5) is 0 Å². The Hall–Kier alpha value is -0.530. The molecule has 0 amide bonds. The summed E-state index contributed by atoms with van der Waals surface area (Å²) in [6.45, 7) is 3.95. The third-order valence-electron chi connectivity index (χ3n) is 1.61. The number of carbonyl (C=O) groups is 1. The molecular weight excluding hydrogens is 104 g/mol. The van der Waals surface area contributed by atoms with E-state index in [0.29, 0.717) is 12.3 Å². The first-order valence-electron chi connectivity index (χ1n) is 2.89. The zero-order valence-electron chi connectivity index (χ0n) is 5.18. The number of hydrogen-bond acceptors (Lipinski definition) is 2. The highest BCUT2D eigenvalue weighted by Gasteiger charge is 2.26. The average molecular weight is 114 g/mol. The SMILES string of the molecule is CC1OC(=O)C[C@H]1C. The van der Waals surface area contributed by atoms with Gasteiger partial charge in [0.05, 0.1) is 6.42 Å². The van der Waals surface area contributed by atoms with Crippen molar-refractivity contribution in [2.45, 2.75) is 26.4 Å². The first-order valence-corrected chi connectivity index (χ1v) is 2.89. The Balaban J connectivity index is 2.51. The van der Waals surface area contributed by atoms with E-state index in [1.54, 1.807) is 0 Å². The van der Waals surface area contributed by atoms with Crippen LogP contribution in [0, 0.1) is 5.92 Å². The molecule has 0 aromatic heterocycles. The number of carbonyl (C=O) groups excluding carboxylic acids is 1. The lowest BCUT2D eigenvalue weighted by Crippen LogP contribution is -2.06. The van der Waals surface area contributed by atoms with E-state index in [-0.39, 0.29) is 12.1 Å². The van der Waals surface area contributed by atoms with Crippen molar-refractivity contribution in [1.29, 1.82) is 0 Å². The summed E-state index contributed by atoms with van der Waals surface area (Å²) in [5.41, 5.74) is 0. The van der Waals surface area contributed by atoms with Gasteiger partial charge in [0.1, 0.15) is 6.10 Å². The standard InChI is InChI=1S/C6H10O2/c1-4-3-6(7)8-5(4)2/h4-5H,3H2,1-2H3/t4-,5?/m1/s1. The van der Waals surface area contributed by atoms with Crippen molar-refractivity contribution in [2.24, 2.45) is 5.92 Å². The van der Waals surface area contributed by atoms with E-state index in [4.69, 9.17) is 4.74 Å². The summed E-state index contributed by atoms with van der Waals surface area (Å²) in [4.78, 5) is 10.4. The molecule has 0 aromatic rings. The molecule has 1 heterocycles. The Labute approximate surface area is 48.8 Å². The number of esters is 1. The monoisotopic (exact) mass is 114 g/mol. The fourth-order valence-corrected chi connectivity index (χ4v) is 0.800. The van der Waals surface area contributed by atoms with E-state index in [9.17, 15) is 4.79 Å². The zero-order chi connectivity index (χ0) is 6.15. The Morgan fingerprint density at radius 2 is 2.25 bits per heavy atom. The molecule has 1 aliphatic heterocycles. The molecule has 0 aliphatic carbocycles. The van der Waals surface area contributed by atoms with Gasteiger partial charge in [-0.2, -0.15) is 0 Å². The minimum atomic E-state index is -0.0509. The maximum Gasteiger partial charge on any atom is 0.306 e. The second-order valence-corrected chi connectivity index (χ2v) is 2.38. The van der Waals surface area contributed by atoms with Gasteiger partial charge in [-0.3, -0.25) is 4.79 Å². The van der Waals surface area contributed by atoms with Gasteiger partial charge in [0.2, 0.25) is 0 Å². The second-order valence-electron chi connectivity index (χ2n) is 2.38.